The summed E-state index contributed by atoms with van der Waals surface area (Å²) in [5, 5.41) is 2.77. The number of carbonyl (C=O) groups excluding carboxylic acids is 2. The monoisotopic (exact) mass is 183 g/mol. The molecule has 2 heterocycles. The lowest BCUT2D eigenvalue weighted by Crippen LogP contribution is -2.65. The molecule has 0 bridgehead atoms. The Balaban J connectivity index is 2.02. The lowest BCUT2D eigenvalue weighted by atomic mass is 10.1. The third-order valence-corrected chi connectivity index (χ3v) is 2.50. The minimum Gasteiger partial charge on any atom is -0.302 e. The van der Waals surface area contributed by atoms with Gasteiger partial charge in [-0.3, -0.25) is 19.8 Å². The van der Waals surface area contributed by atoms with E-state index in [1.807, 2.05) is 7.05 Å². The number of amides is 2. The van der Waals surface area contributed by atoms with Gasteiger partial charge in [0.25, 0.3) is 0 Å². The van der Waals surface area contributed by atoms with E-state index >= 15 is 0 Å². The second kappa shape index (κ2) is 3.08. The molecule has 2 amide bonds. The van der Waals surface area contributed by atoms with Crippen LogP contribution in [0.2, 0.25) is 0 Å². The maximum atomic E-state index is 11.4. The molecule has 0 saturated carbocycles. The molecular formula is C8H13N3O2. The van der Waals surface area contributed by atoms with Crippen molar-refractivity contribution in [2.24, 2.45) is 0 Å². The van der Waals surface area contributed by atoms with Crippen LogP contribution in [0.1, 0.15) is 0 Å². The molecule has 2 aliphatic rings. The molecule has 0 spiro atoms. The number of likely N-dealkylation sites (tertiary alicyclic amines) is 1. The highest BCUT2D eigenvalue weighted by Gasteiger charge is 2.37. The zero-order valence-corrected chi connectivity index (χ0v) is 7.62. The van der Waals surface area contributed by atoms with Gasteiger partial charge in [0.1, 0.15) is 0 Å². The number of likely N-dealkylation sites (N-methyl/N-ethyl adjacent to an activating group) is 1. The molecule has 0 aromatic heterocycles. The molecule has 5 heteroatoms. The number of hydrogen-bond acceptors (Lipinski definition) is 4. The molecule has 0 aliphatic carbocycles. The fourth-order valence-corrected chi connectivity index (χ4v) is 1.82. The van der Waals surface area contributed by atoms with Crippen molar-refractivity contribution < 1.29 is 9.59 Å². The molecule has 0 aromatic carbocycles. The molecule has 1 N–H and O–H groups in total. The van der Waals surface area contributed by atoms with Crippen molar-refractivity contribution in [2.45, 2.75) is 6.04 Å². The average Bonchev–Trinajstić information content (AvgIpc) is 2.00. The van der Waals surface area contributed by atoms with Gasteiger partial charge in [0.2, 0.25) is 11.8 Å². The molecule has 72 valence electrons. The van der Waals surface area contributed by atoms with Gasteiger partial charge in [-0.25, -0.2) is 0 Å². The van der Waals surface area contributed by atoms with E-state index in [0.717, 1.165) is 13.1 Å². The Morgan fingerprint density at radius 1 is 1.23 bits per heavy atom. The largest absolute Gasteiger partial charge is 0.302 e. The number of nitrogens with zero attached hydrogens (tertiary/aromatic N) is 2. The number of carbonyl (C=O) groups is 2. The van der Waals surface area contributed by atoms with Gasteiger partial charge in [-0.1, -0.05) is 0 Å². The molecule has 0 radical (unpaired) electrons. The van der Waals surface area contributed by atoms with Crippen molar-refractivity contribution >= 4 is 11.8 Å². The number of nitrogens with one attached hydrogen (secondary N) is 1. The smallest absolute Gasteiger partial charge is 0.243 e. The average molecular weight is 183 g/mol. The summed E-state index contributed by atoms with van der Waals surface area (Å²) < 4.78 is 0. The van der Waals surface area contributed by atoms with E-state index in [1.54, 1.807) is 0 Å². The summed E-state index contributed by atoms with van der Waals surface area (Å²) in [6.07, 6.45) is 0. The van der Waals surface area contributed by atoms with Crippen molar-refractivity contribution in [3.8, 4) is 0 Å². The summed E-state index contributed by atoms with van der Waals surface area (Å²) in [4.78, 5) is 26.2. The number of rotatable bonds is 1. The maximum Gasteiger partial charge on any atom is 0.243 e. The van der Waals surface area contributed by atoms with E-state index in [-0.39, 0.29) is 17.9 Å². The third kappa shape index (κ3) is 1.45. The topological polar surface area (TPSA) is 52.6 Å². The second-order valence-corrected chi connectivity index (χ2v) is 3.64. The lowest BCUT2D eigenvalue weighted by Gasteiger charge is -2.43. The molecular weight excluding hydrogens is 170 g/mol. The maximum absolute atomic E-state index is 11.4. The summed E-state index contributed by atoms with van der Waals surface area (Å²) >= 11 is 0. The van der Waals surface area contributed by atoms with Crippen LogP contribution in [0.3, 0.4) is 0 Å². The minimum atomic E-state index is -0.0886. The molecule has 0 atom stereocenters. The molecule has 2 saturated heterocycles. The first-order chi connectivity index (χ1) is 6.18. The van der Waals surface area contributed by atoms with Gasteiger partial charge in [-0.2, -0.15) is 0 Å². The molecule has 13 heavy (non-hydrogen) atoms. The molecule has 2 aliphatic heterocycles. The molecule has 5 nitrogen and oxygen atoms in total. The van der Waals surface area contributed by atoms with Crippen molar-refractivity contribution in [1.82, 2.24) is 15.1 Å². The van der Waals surface area contributed by atoms with Gasteiger partial charge in [0, 0.05) is 13.1 Å². The Bertz CT molecular complexity index is 232. The van der Waals surface area contributed by atoms with Crippen LogP contribution >= 0.6 is 0 Å². The van der Waals surface area contributed by atoms with Gasteiger partial charge in [0.05, 0.1) is 19.1 Å². The van der Waals surface area contributed by atoms with Crippen molar-refractivity contribution in [2.75, 3.05) is 33.2 Å². The van der Waals surface area contributed by atoms with Crippen LogP contribution in [0.25, 0.3) is 0 Å². The van der Waals surface area contributed by atoms with Crippen molar-refractivity contribution in [3.63, 3.8) is 0 Å². The van der Waals surface area contributed by atoms with Gasteiger partial charge in [0.15, 0.2) is 0 Å². The Kier molecular flexibility index (Phi) is 2.05. The summed E-state index contributed by atoms with van der Waals surface area (Å²) in [6.45, 7) is 2.23. The predicted octanol–water partition coefficient (Wildman–Crippen LogP) is -1.74. The SMILES string of the molecule is CN1CC(N2C(=O)CNCC2=O)C1. The first-order valence-corrected chi connectivity index (χ1v) is 4.42. The first kappa shape index (κ1) is 8.65. The van der Waals surface area contributed by atoms with Crippen LogP contribution in [0.15, 0.2) is 0 Å². The fraction of sp³-hybridized carbons (Fsp3) is 0.750. The van der Waals surface area contributed by atoms with E-state index in [0.29, 0.717) is 13.1 Å². The van der Waals surface area contributed by atoms with Crippen LogP contribution in [-0.2, 0) is 9.59 Å². The van der Waals surface area contributed by atoms with Gasteiger partial charge < -0.3 is 4.90 Å². The summed E-state index contributed by atoms with van der Waals surface area (Å²) in [6, 6.07) is 0.118. The van der Waals surface area contributed by atoms with Gasteiger partial charge >= 0.3 is 0 Å². The highest BCUT2D eigenvalue weighted by Crippen LogP contribution is 2.14. The second-order valence-electron chi connectivity index (χ2n) is 3.64. The van der Waals surface area contributed by atoms with Crippen LogP contribution in [0.5, 0.6) is 0 Å². The highest BCUT2D eigenvalue weighted by atomic mass is 16.2. The molecule has 2 rings (SSSR count). The van der Waals surface area contributed by atoms with Crippen LogP contribution < -0.4 is 5.32 Å². The molecule has 2 fully saturated rings. The van der Waals surface area contributed by atoms with E-state index in [4.69, 9.17) is 0 Å². The molecule has 0 unspecified atom stereocenters. The number of piperazine rings is 1. The van der Waals surface area contributed by atoms with E-state index in [9.17, 15) is 9.59 Å². The van der Waals surface area contributed by atoms with Crippen molar-refractivity contribution in [3.05, 3.63) is 0 Å². The normalized spacial score (nSPS) is 26.4. The van der Waals surface area contributed by atoms with E-state index in [2.05, 4.69) is 10.2 Å². The fourth-order valence-electron chi connectivity index (χ4n) is 1.82. The van der Waals surface area contributed by atoms with Crippen molar-refractivity contribution in [1.29, 1.82) is 0 Å². The van der Waals surface area contributed by atoms with E-state index in [1.165, 1.54) is 4.90 Å². The Morgan fingerprint density at radius 3 is 2.23 bits per heavy atom. The Morgan fingerprint density at radius 2 is 1.77 bits per heavy atom. The Hall–Kier alpha value is -0.940. The first-order valence-electron chi connectivity index (χ1n) is 4.42. The van der Waals surface area contributed by atoms with Crippen LogP contribution in [0, 0.1) is 0 Å². The van der Waals surface area contributed by atoms with Gasteiger partial charge in [-0.05, 0) is 7.05 Å². The van der Waals surface area contributed by atoms with Crippen LogP contribution in [0.4, 0.5) is 0 Å². The number of imide groups is 1. The minimum absolute atomic E-state index is 0.0886. The highest BCUT2D eigenvalue weighted by molar-refractivity contribution is 5.99. The zero-order chi connectivity index (χ0) is 9.42. The molecule has 0 aromatic rings. The zero-order valence-electron chi connectivity index (χ0n) is 7.62. The standard InChI is InChI=1S/C8H13N3O2/c1-10-4-6(5-10)11-7(12)2-9-3-8(11)13/h6,9H,2-5H2,1H3. The van der Waals surface area contributed by atoms with Crippen LogP contribution in [-0.4, -0.2) is 60.9 Å². The number of hydrogen-bond donors (Lipinski definition) is 1. The quantitative estimate of drug-likeness (QED) is 0.490. The summed E-state index contributed by atoms with van der Waals surface area (Å²) in [7, 11) is 1.98. The Labute approximate surface area is 76.7 Å². The lowest BCUT2D eigenvalue weighted by molar-refractivity contribution is -0.153. The van der Waals surface area contributed by atoms with Gasteiger partial charge in [-0.15, -0.1) is 0 Å². The third-order valence-electron chi connectivity index (χ3n) is 2.50. The predicted molar refractivity (Wildman–Crippen MR) is 46.0 cm³/mol. The summed E-state index contributed by atoms with van der Waals surface area (Å²) in [5.41, 5.74) is 0. The van der Waals surface area contributed by atoms with E-state index < -0.39 is 0 Å². The summed E-state index contributed by atoms with van der Waals surface area (Å²) in [5.74, 6) is -0.177.